The molecule has 1 saturated heterocycles. The molecule has 0 aliphatic carbocycles. The molecule has 0 bridgehead atoms. The van der Waals surface area contributed by atoms with E-state index in [9.17, 15) is 13.2 Å². The van der Waals surface area contributed by atoms with Crippen LogP contribution in [0.15, 0.2) is 51.8 Å². The Morgan fingerprint density at radius 1 is 1.08 bits per heavy atom. The van der Waals surface area contributed by atoms with Gasteiger partial charge in [-0.25, -0.2) is 8.42 Å². The first-order valence-corrected chi connectivity index (χ1v) is 10.2. The Bertz CT molecular complexity index is 831. The van der Waals surface area contributed by atoms with E-state index in [1.807, 2.05) is 0 Å². The minimum absolute atomic E-state index is 0.165. The van der Waals surface area contributed by atoms with Crippen LogP contribution in [0.25, 0.3) is 0 Å². The average molecular weight is 361 g/mol. The number of amides is 1. The lowest BCUT2D eigenvalue weighted by atomic mass is 9.92. The Hall–Kier alpha value is -2.08. The normalized spacial score (nSPS) is 21.3. The van der Waals surface area contributed by atoms with E-state index in [1.54, 1.807) is 47.4 Å². The summed E-state index contributed by atoms with van der Waals surface area (Å²) in [4.78, 5) is 14.7. The second-order valence-electron chi connectivity index (χ2n) is 6.99. The molecule has 3 rings (SSSR count). The third-order valence-electron chi connectivity index (χ3n) is 4.46. The second-order valence-corrected chi connectivity index (χ2v) is 8.98. The predicted molar refractivity (Wildman–Crippen MR) is 94.9 cm³/mol. The van der Waals surface area contributed by atoms with Gasteiger partial charge in [0.05, 0.1) is 4.90 Å². The third-order valence-corrected chi connectivity index (χ3v) is 6.12. The van der Waals surface area contributed by atoms with Gasteiger partial charge in [0.1, 0.15) is 11.5 Å². The van der Waals surface area contributed by atoms with Crippen molar-refractivity contribution in [3.63, 3.8) is 0 Å². The summed E-state index contributed by atoms with van der Waals surface area (Å²) >= 11 is 0. The number of nitrogens with zero attached hydrogens (tertiary/aromatic N) is 1. The lowest BCUT2D eigenvalue weighted by Gasteiger charge is -2.34. The fourth-order valence-electron chi connectivity index (χ4n) is 3.45. The zero-order chi connectivity index (χ0) is 18.0. The van der Waals surface area contributed by atoms with Crippen LogP contribution in [0.2, 0.25) is 0 Å². The Kier molecular flexibility index (Phi) is 4.99. The topological polar surface area (TPSA) is 67.6 Å². The van der Waals surface area contributed by atoms with Crippen LogP contribution < -0.4 is 0 Å². The van der Waals surface area contributed by atoms with E-state index in [1.165, 1.54) is 0 Å². The molecule has 5 nitrogen and oxygen atoms in total. The molecule has 2 unspecified atom stereocenters. The second kappa shape index (κ2) is 7.04. The van der Waals surface area contributed by atoms with Crippen LogP contribution in [-0.2, 0) is 15.6 Å². The van der Waals surface area contributed by atoms with Gasteiger partial charge in [0.15, 0.2) is 15.6 Å². The standard InChI is InChI=1S/C19H23NO4S/c1-14-10-15(2)12-20(11-14)19(21)18-9-8-16(24-18)13-25(22,23)17-6-4-3-5-7-17/h3-9,14-15H,10-13H2,1-2H3. The maximum absolute atomic E-state index is 12.6. The van der Waals surface area contributed by atoms with Crippen LogP contribution in [0.4, 0.5) is 0 Å². The summed E-state index contributed by atoms with van der Waals surface area (Å²) < 4.78 is 30.4. The zero-order valence-electron chi connectivity index (χ0n) is 14.5. The van der Waals surface area contributed by atoms with Crippen molar-refractivity contribution in [3.8, 4) is 0 Å². The highest BCUT2D eigenvalue weighted by Crippen LogP contribution is 2.24. The number of furan rings is 1. The summed E-state index contributed by atoms with van der Waals surface area (Å²) in [6.45, 7) is 5.69. The van der Waals surface area contributed by atoms with Crippen LogP contribution >= 0.6 is 0 Å². The van der Waals surface area contributed by atoms with Crippen molar-refractivity contribution in [2.24, 2.45) is 11.8 Å². The number of piperidine rings is 1. The van der Waals surface area contributed by atoms with Crippen LogP contribution in [0.1, 0.15) is 36.6 Å². The number of likely N-dealkylation sites (tertiary alicyclic amines) is 1. The van der Waals surface area contributed by atoms with Crippen molar-refractivity contribution in [1.29, 1.82) is 0 Å². The maximum atomic E-state index is 12.6. The van der Waals surface area contributed by atoms with Crippen LogP contribution in [0.3, 0.4) is 0 Å². The quantitative estimate of drug-likeness (QED) is 0.837. The summed E-state index contributed by atoms with van der Waals surface area (Å²) in [7, 11) is -3.49. The molecule has 1 aliphatic rings. The van der Waals surface area contributed by atoms with E-state index in [0.717, 1.165) is 6.42 Å². The molecule has 1 aromatic heterocycles. The predicted octanol–water partition coefficient (Wildman–Crippen LogP) is 3.37. The smallest absolute Gasteiger partial charge is 0.289 e. The number of rotatable bonds is 4. The highest BCUT2D eigenvalue weighted by Gasteiger charge is 2.28. The van der Waals surface area contributed by atoms with Gasteiger partial charge >= 0.3 is 0 Å². The molecule has 1 amide bonds. The first-order valence-electron chi connectivity index (χ1n) is 8.51. The number of carbonyl (C=O) groups excluding carboxylic acids is 1. The van der Waals surface area contributed by atoms with Crippen molar-refractivity contribution >= 4 is 15.7 Å². The molecule has 0 N–H and O–H groups in total. The third kappa shape index (κ3) is 4.12. The lowest BCUT2D eigenvalue weighted by Crippen LogP contribution is -2.42. The molecule has 0 saturated carbocycles. The van der Waals surface area contributed by atoms with Gasteiger partial charge in [-0.05, 0) is 42.5 Å². The highest BCUT2D eigenvalue weighted by atomic mass is 32.2. The molecular weight excluding hydrogens is 338 g/mol. The van der Waals surface area contributed by atoms with Gasteiger partial charge in [0, 0.05) is 13.1 Å². The molecule has 2 atom stereocenters. The molecule has 25 heavy (non-hydrogen) atoms. The summed E-state index contributed by atoms with van der Waals surface area (Å²) in [6.07, 6.45) is 1.11. The van der Waals surface area contributed by atoms with Crippen LogP contribution in [0, 0.1) is 11.8 Å². The van der Waals surface area contributed by atoms with Gasteiger partial charge in [-0.15, -0.1) is 0 Å². The summed E-state index contributed by atoms with van der Waals surface area (Å²) in [6, 6.07) is 11.4. The Labute approximate surface area is 148 Å². The van der Waals surface area contributed by atoms with E-state index < -0.39 is 9.84 Å². The molecule has 2 aromatic rings. The fourth-order valence-corrected chi connectivity index (χ4v) is 4.72. The monoisotopic (exact) mass is 361 g/mol. The zero-order valence-corrected chi connectivity index (χ0v) is 15.3. The highest BCUT2D eigenvalue weighted by molar-refractivity contribution is 7.90. The molecule has 134 valence electrons. The largest absolute Gasteiger partial charge is 0.455 e. The minimum Gasteiger partial charge on any atom is -0.455 e. The van der Waals surface area contributed by atoms with Crippen LogP contribution in [0.5, 0.6) is 0 Å². The van der Waals surface area contributed by atoms with E-state index >= 15 is 0 Å². The number of sulfone groups is 1. The Morgan fingerprint density at radius 2 is 1.72 bits per heavy atom. The number of hydrogen-bond donors (Lipinski definition) is 0. The SMILES string of the molecule is CC1CC(C)CN(C(=O)c2ccc(CS(=O)(=O)c3ccccc3)o2)C1. The minimum atomic E-state index is -3.49. The van der Waals surface area contributed by atoms with Crippen molar-refractivity contribution in [2.45, 2.75) is 30.9 Å². The Balaban J connectivity index is 1.73. The first kappa shape index (κ1) is 17.7. The maximum Gasteiger partial charge on any atom is 0.289 e. The van der Waals surface area contributed by atoms with Crippen molar-refractivity contribution in [1.82, 2.24) is 4.90 Å². The molecule has 0 radical (unpaired) electrons. The van der Waals surface area contributed by atoms with Gasteiger partial charge in [0.25, 0.3) is 5.91 Å². The summed E-state index contributed by atoms with van der Waals surface area (Å²) in [5, 5.41) is 0. The van der Waals surface area contributed by atoms with Gasteiger partial charge in [-0.1, -0.05) is 32.0 Å². The van der Waals surface area contributed by atoms with E-state index in [-0.39, 0.29) is 28.1 Å². The Morgan fingerprint density at radius 3 is 2.36 bits per heavy atom. The summed E-state index contributed by atoms with van der Waals surface area (Å²) in [5.74, 6) is 0.990. The molecule has 1 aliphatic heterocycles. The van der Waals surface area contributed by atoms with Gasteiger partial charge in [-0.2, -0.15) is 0 Å². The lowest BCUT2D eigenvalue weighted by molar-refractivity contribution is 0.0590. The molecule has 0 spiro atoms. The number of hydrogen-bond acceptors (Lipinski definition) is 4. The van der Waals surface area contributed by atoms with Gasteiger partial charge < -0.3 is 9.32 Å². The van der Waals surface area contributed by atoms with Crippen molar-refractivity contribution in [3.05, 3.63) is 54.0 Å². The number of carbonyl (C=O) groups is 1. The molecule has 1 fully saturated rings. The average Bonchev–Trinajstić information content (AvgIpc) is 3.02. The molecular formula is C19H23NO4S. The van der Waals surface area contributed by atoms with Crippen molar-refractivity contribution < 1.29 is 17.6 Å². The first-order chi connectivity index (χ1) is 11.8. The van der Waals surface area contributed by atoms with E-state index in [2.05, 4.69) is 13.8 Å². The molecule has 6 heteroatoms. The molecule has 1 aromatic carbocycles. The van der Waals surface area contributed by atoms with Gasteiger partial charge in [-0.3, -0.25) is 4.79 Å². The molecule has 2 heterocycles. The van der Waals surface area contributed by atoms with E-state index in [4.69, 9.17) is 4.42 Å². The number of benzene rings is 1. The van der Waals surface area contributed by atoms with Crippen molar-refractivity contribution in [2.75, 3.05) is 13.1 Å². The van der Waals surface area contributed by atoms with Crippen LogP contribution in [-0.4, -0.2) is 32.3 Å². The van der Waals surface area contributed by atoms with Gasteiger partial charge in [0.2, 0.25) is 0 Å². The summed E-state index contributed by atoms with van der Waals surface area (Å²) in [5.41, 5.74) is 0. The van der Waals surface area contributed by atoms with E-state index in [0.29, 0.717) is 24.9 Å². The fraction of sp³-hybridized carbons (Fsp3) is 0.421.